The lowest BCUT2D eigenvalue weighted by Gasteiger charge is -2.27. The van der Waals surface area contributed by atoms with E-state index in [0.717, 1.165) is 25.7 Å². The van der Waals surface area contributed by atoms with Crippen LogP contribution >= 0.6 is 0 Å². The maximum absolute atomic E-state index is 14.8. The number of carbonyl (C=O) groups excluding carboxylic acids is 1. The molecule has 0 aromatic heterocycles. The molecule has 0 spiro atoms. The summed E-state index contributed by atoms with van der Waals surface area (Å²) in [5, 5.41) is 0. The van der Waals surface area contributed by atoms with E-state index >= 15 is 0 Å². The first-order valence-corrected chi connectivity index (χ1v) is 11.6. The molecule has 3 aromatic rings. The maximum Gasteiger partial charge on any atom is 0.346 e. The zero-order valence-corrected chi connectivity index (χ0v) is 19.2. The molecule has 4 rings (SSSR count). The number of carbonyl (C=O) groups is 1. The molecule has 34 heavy (non-hydrogen) atoms. The van der Waals surface area contributed by atoms with Gasteiger partial charge in [-0.3, -0.25) is 0 Å². The van der Waals surface area contributed by atoms with E-state index in [1.165, 1.54) is 30.3 Å². The van der Waals surface area contributed by atoms with Gasteiger partial charge in [0.25, 0.3) is 0 Å². The highest BCUT2D eigenvalue weighted by atomic mass is 19.2. The van der Waals surface area contributed by atoms with Gasteiger partial charge in [0.2, 0.25) is 0 Å². The van der Waals surface area contributed by atoms with Crippen molar-refractivity contribution in [2.75, 3.05) is 6.61 Å². The Morgan fingerprint density at radius 2 is 1.56 bits per heavy atom. The molecule has 0 bridgehead atoms. The second kappa shape index (κ2) is 10.3. The number of benzene rings is 3. The molecular weight excluding hydrogens is 441 g/mol. The van der Waals surface area contributed by atoms with Gasteiger partial charge >= 0.3 is 5.97 Å². The first-order valence-electron chi connectivity index (χ1n) is 11.6. The number of halogens is 3. The van der Waals surface area contributed by atoms with E-state index in [4.69, 9.17) is 9.47 Å². The molecule has 0 radical (unpaired) electrons. The van der Waals surface area contributed by atoms with E-state index in [0.29, 0.717) is 29.2 Å². The minimum atomic E-state index is -1.18. The highest BCUT2D eigenvalue weighted by Crippen LogP contribution is 2.37. The molecule has 1 saturated carbocycles. The van der Waals surface area contributed by atoms with Crippen molar-refractivity contribution in [3.63, 3.8) is 0 Å². The molecule has 3 aromatic carbocycles. The van der Waals surface area contributed by atoms with Crippen LogP contribution in [0.3, 0.4) is 0 Å². The molecule has 1 aliphatic rings. The first-order chi connectivity index (χ1) is 16.4. The predicted molar refractivity (Wildman–Crippen MR) is 125 cm³/mol. The average molecular weight is 469 g/mol. The van der Waals surface area contributed by atoms with Crippen LogP contribution in [-0.4, -0.2) is 12.6 Å². The van der Waals surface area contributed by atoms with E-state index < -0.39 is 29.0 Å². The zero-order valence-electron chi connectivity index (χ0n) is 19.2. The lowest BCUT2D eigenvalue weighted by molar-refractivity contribution is 0.0728. The normalized spacial score (nSPS) is 17.9. The fourth-order valence-corrected chi connectivity index (χ4v) is 4.44. The summed E-state index contributed by atoms with van der Waals surface area (Å²) in [7, 11) is 0. The lowest BCUT2D eigenvalue weighted by atomic mass is 9.79. The van der Waals surface area contributed by atoms with E-state index in [2.05, 4.69) is 6.92 Å². The van der Waals surface area contributed by atoms with Crippen molar-refractivity contribution >= 4 is 5.97 Å². The van der Waals surface area contributed by atoms with E-state index in [1.54, 1.807) is 31.2 Å². The third-order valence-corrected chi connectivity index (χ3v) is 6.42. The standard InChI is InChI=1S/C28H27F3O3/c1-3-33-25-15-10-20(16-24(25)29)18-8-11-21(12-9-18)34-28(32)23-14-13-22(26(30)27(23)31)19-6-4-17(2)5-7-19/h8-17,19H,3-7H2,1-2H3. The lowest BCUT2D eigenvalue weighted by Crippen LogP contribution is -2.16. The molecule has 0 amide bonds. The van der Waals surface area contributed by atoms with Crippen LogP contribution in [0.2, 0.25) is 0 Å². The number of hydrogen-bond donors (Lipinski definition) is 0. The topological polar surface area (TPSA) is 35.5 Å². The Labute approximate surface area is 197 Å². The molecule has 0 N–H and O–H groups in total. The van der Waals surface area contributed by atoms with Gasteiger partial charge in [-0.2, -0.15) is 0 Å². The summed E-state index contributed by atoms with van der Waals surface area (Å²) in [5.41, 5.74) is 1.21. The van der Waals surface area contributed by atoms with Gasteiger partial charge in [0.15, 0.2) is 23.2 Å². The summed E-state index contributed by atoms with van der Waals surface area (Å²) in [6.07, 6.45) is 3.58. The number of rotatable bonds is 6. The van der Waals surface area contributed by atoms with Crippen molar-refractivity contribution in [2.24, 2.45) is 5.92 Å². The highest BCUT2D eigenvalue weighted by molar-refractivity contribution is 5.91. The van der Waals surface area contributed by atoms with Gasteiger partial charge in [0.1, 0.15) is 5.75 Å². The van der Waals surface area contributed by atoms with Gasteiger partial charge in [0.05, 0.1) is 12.2 Å². The monoisotopic (exact) mass is 468 g/mol. The largest absolute Gasteiger partial charge is 0.491 e. The van der Waals surface area contributed by atoms with Crippen molar-refractivity contribution in [1.82, 2.24) is 0 Å². The van der Waals surface area contributed by atoms with Crippen molar-refractivity contribution in [2.45, 2.75) is 45.4 Å². The molecule has 0 unspecified atom stereocenters. The molecule has 0 atom stereocenters. The number of hydrogen-bond acceptors (Lipinski definition) is 3. The molecule has 178 valence electrons. The van der Waals surface area contributed by atoms with Crippen LogP contribution in [0, 0.1) is 23.4 Å². The zero-order chi connectivity index (χ0) is 24.2. The second-order valence-corrected chi connectivity index (χ2v) is 8.78. The van der Waals surface area contributed by atoms with Crippen LogP contribution in [0.4, 0.5) is 13.2 Å². The minimum absolute atomic E-state index is 0.0317. The Bertz CT molecular complexity index is 1170. The summed E-state index contributed by atoms with van der Waals surface area (Å²) in [6.45, 7) is 4.30. The minimum Gasteiger partial charge on any atom is -0.491 e. The van der Waals surface area contributed by atoms with E-state index in [9.17, 15) is 18.0 Å². The fraction of sp³-hybridized carbons (Fsp3) is 0.321. The van der Waals surface area contributed by atoms with Gasteiger partial charge in [-0.25, -0.2) is 18.0 Å². The predicted octanol–water partition coefficient (Wildman–Crippen LogP) is 7.68. The highest BCUT2D eigenvalue weighted by Gasteiger charge is 2.27. The average Bonchev–Trinajstić information content (AvgIpc) is 2.83. The molecule has 1 aliphatic carbocycles. The molecule has 6 heteroatoms. The van der Waals surface area contributed by atoms with E-state index in [1.807, 2.05) is 0 Å². The third kappa shape index (κ3) is 5.11. The fourth-order valence-electron chi connectivity index (χ4n) is 4.44. The number of esters is 1. The van der Waals surface area contributed by atoms with Gasteiger partial charge in [-0.05, 0) is 78.6 Å². The van der Waals surface area contributed by atoms with Gasteiger partial charge in [0, 0.05) is 0 Å². The summed E-state index contributed by atoms with van der Waals surface area (Å²) in [6, 6.07) is 13.8. The van der Waals surface area contributed by atoms with Crippen LogP contribution < -0.4 is 9.47 Å². The molecule has 0 aliphatic heterocycles. The SMILES string of the molecule is CCOc1ccc(-c2ccc(OC(=O)c3ccc(C4CCC(C)CC4)c(F)c3F)cc2)cc1F. The first kappa shape index (κ1) is 23.9. The summed E-state index contributed by atoms with van der Waals surface area (Å²) in [4.78, 5) is 12.5. The summed E-state index contributed by atoms with van der Waals surface area (Å²) >= 11 is 0. The smallest absolute Gasteiger partial charge is 0.346 e. The maximum atomic E-state index is 14.8. The molecule has 0 heterocycles. The third-order valence-electron chi connectivity index (χ3n) is 6.42. The molecule has 0 saturated heterocycles. The molecule has 3 nitrogen and oxygen atoms in total. The van der Waals surface area contributed by atoms with Crippen LogP contribution in [0.25, 0.3) is 11.1 Å². The van der Waals surface area contributed by atoms with Crippen molar-refractivity contribution in [1.29, 1.82) is 0 Å². The summed E-state index contributed by atoms with van der Waals surface area (Å²) < 4.78 is 54.1. The Morgan fingerprint density at radius 1 is 0.882 bits per heavy atom. The molecular formula is C28H27F3O3. The quantitative estimate of drug-likeness (QED) is 0.275. The van der Waals surface area contributed by atoms with Gasteiger partial charge < -0.3 is 9.47 Å². The Morgan fingerprint density at radius 3 is 2.21 bits per heavy atom. The van der Waals surface area contributed by atoms with Crippen molar-refractivity contribution in [3.8, 4) is 22.6 Å². The van der Waals surface area contributed by atoms with Crippen LogP contribution in [0.15, 0.2) is 54.6 Å². The van der Waals surface area contributed by atoms with Gasteiger partial charge in [-0.1, -0.05) is 44.0 Å². The van der Waals surface area contributed by atoms with Crippen LogP contribution in [0.5, 0.6) is 11.5 Å². The Hall–Kier alpha value is -3.28. The second-order valence-electron chi connectivity index (χ2n) is 8.78. The van der Waals surface area contributed by atoms with E-state index in [-0.39, 0.29) is 17.4 Å². The summed E-state index contributed by atoms with van der Waals surface area (Å²) in [5.74, 6) is -2.68. The van der Waals surface area contributed by atoms with Crippen molar-refractivity contribution in [3.05, 3.63) is 83.2 Å². The van der Waals surface area contributed by atoms with Crippen LogP contribution in [0.1, 0.15) is 61.4 Å². The Balaban J connectivity index is 1.46. The van der Waals surface area contributed by atoms with Crippen molar-refractivity contribution < 1.29 is 27.4 Å². The van der Waals surface area contributed by atoms with Crippen LogP contribution in [-0.2, 0) is 0 Å². The Kier molecular flexibility index (Phi) is 7.25. The molecule has 1 fully saturated rings. The number of ether oxygens (including phenoxy) is 2. The van der Waals surface area contributed by atoms with Gasteiger partial charge in [-0.15, -0.1) is 0 Å².